The average Bonchev–Trinajstić information content (AvgIpc) is 2.18. The minimum absolute atomic E-state index is 0.637. The molecule has 13 heavy (non-hydrogen) atoms. The van der Waals surface area contributed by atoms with Crippen molar-refractivity contribution >= 4 is 6.08 Å². The Labute approximate surface area is 80.3 Å². The van der Waals surface area contributed by atoms with Gasteiger partial charge in [-0.15, -0.1) is 0 Å². The molecule has 0 saturated heterocycles. The van der Waals surface area contributed by atoms with E-state index < -0.39 is 0 Å². The van der Waals surface area contributed by atoms with Gasteiger partial charge in [0.15, 0.2) is 0 Å². The number of rotatable bonds is 3. The predicted molar refractivity (Wildman–Crippen MR) is 58.5 cm³/mol. The van der Waals surface area contributed by atoms with Crippen LogP contribution in [0.5, 0.6) is 0 Å². The van der Waals surface area contributed by atoms with Crippen molar-refractivity contribution in [2.24, 2.45) is 5.73 Å². The monoisotopic (exact) mass is 175 g/mol. The molecule has 0 aliphatic rings. The zero-order valence-electron chi connectivity index (χ0n) is 8.38. The summed E-state index contributed by atoms with van der Waals surface area (Å²) in [6.07, 6.45) is 3.24. The zero-order valence-corrected chi connectivity index (χ0v) is 8.38. The molecular formula is C12H17N. The standard InChI is InChI=1S/C12H17N/c1-3-11-6-4-5-7-12(11)8-10(2)9-13/h4-8H,3,9,13H2,1-2H3/b10-8-. The van der Waals surface area contributed by atoms with Gasteiger partial charge in [0.25, 0.3) is 0 Å². The Morgan fingerprint density at radius 1 is 1.38 bits per heavy atom. The second-order valence-electron chi connectivity index (χ2n) is 3.25. The summed E-state index contributed by atoms with van der Waals surface area (Å²) >= 11 is 0. The maximum Gasteiger partial charge on any atom is 0.0137 e. The fourth-order valence-electron chi connectivity index (χ4n) is 1.32. The average molecular weight is 175 g/mol. The number of hydrogen-bond donors (Lipinski definition) is 1. The summed E-state index contributed by atoms with van der Waals surface area (Å²) in [5.74, 6) is 0. The van der Waals surface area contributed by atoms with Crippen LogP contribution >= 0.6 is 0 Å². The Morgan fingerprint density at radius 3 is 2.69 bits per heavy atom. The van der Waals surface area contributed by atoms with Crippen LogP contribution in [-0.4, -0.2) is 6.54 Å². The third-order valence-corrected chi connectivity index (χ3v) is 2.16. The molecule has 0 heterocycles. The lowest BCUT2D eigenvalue weighted by Crippen LogP contribution is -1.99. The Kier molecular flexibility index (Phi) is 3.71. The van der Waals surface area contributed by atoms with Crippen molar-refractivity contribution in [3.8, 4) is 0 Å². The van der Waals surface area contributed by atoms with E-state index in [1.165, 1.54) is 16.7 Å². The molecule has 0 unspecified atom stereocenters. The molecule has 0 aliphatic carbocycles. The van der Waals surface area contributed by atoms with Crippen molar-refractivity contribution < 1.29 is 0 Å². The molecule has 0 saturated carbocycles. The molecule has 0 spiro atoms. The van der Waals surface area contributed by atoms with Crippen LogP contribution in [-0.2, 0) is 6.42 Å². The maximum atomic E-state index is 5.54. The van der Waals surface area contributed by atoms with Gasteiger partial charge in [0.2, 0.25) is 0 Å². The number of nitrogens with two attached hydrogens (primary N) is 1. The lowest BCUT2D eigenvalue weighted by atomic mass is 10.0. The van der Waals surface area contributed by atoms with Crippen LogP contribution < -0.4 is 5.73 Å². The first-order valence-electron chi connectivity index (χ1n) is 4.73. The molecule has 2 N–H and O–H groups in total. The van der Waals surface area contributed by atoms with E-state index in [0.29, 0.717) is 6.54 Å². The summed E-state index contributed by atoms with van der Waals surface area (Å²) in [7, 11) is 0. The highest BCUT2D eigenvalue weighted by atomic mass is 14.5. The summed E-state index contributed by atoms with van der Waals surface area (Å²) in [4.78, 5) is 0. The second-order valence-corrected chi connectivity index (χ2v) is 3.25. The fraction of sp³-hybridized carbons (Fsp3) is 0.333. The summed E-state index contributed by atoms with van der Waals surface area (Å²) in [5, 5.41) is 0. The van der Waals surface area contributed by atoms with Crippen molar-refractivity contribution in [3.05, 3.63) is 41.0 Å². The summed E-state index contributed by atoms with van der Waals surface area (Å²) < 4.78 is 0. The van der Waals surface area contributed by atoms with Crippen LogP contribution in [0.25, 0.3) is 6.08 Å². The highest BCUT2D eigenvalue weighted by Crippen LogP contribution is 2.12. The lowest BCUT2D eigenvalue weighted by molar-refractivity contribution is 1.12. The summed E-state index contributed by atoms with van der Waals surface area (Å²) in [6.45, 7) is 4.87. The van der Waals surface area contributed by atoms with Crippen molar-refractivity contribution in [2.75, 3.05) is 6.54 Å². The summed E-state index contributed by atoms with van der Waals surface area (Å²) in [6, 6.07) is 8.44. The van der Waals surface area contributed by atoms with E-state index in [1.807, 2.05) is 0 Å². The van der Waals surface area contributed by atoms with E-state index in [9.17, 15) is 0 Å². The van der Waals surface area contributed by atoms with Gasteiger partial charge in [-0.05, 0) is 24.5 Å². The minimum Gasteiger partial charge on any atom is -0.327 e. The van der Waals surface area contributed by atoms with Crippen molar-refractivity contribution in [1.82, 2.24) is 0 Å². The molecule has 0 aromatic heterocycles. The number of benzene rings is 1. The van der Waals surface area contributed by atoms with Crippen LogP contribution in [0.2, 0.25) is 0 Å². The highest BCUT2D eigenvalue weighted by Gasteiger charge is 1.95. The highest BCUT2D eigenvalue weighted by molar-refractivity contribution is 5.56. The smallest absolute Gasteiger partial charge is 0.0137 e. The molecule has 0 radical (unpaired) electrons. The molecule has 1 aromatic carbocycles. The topological polar surface area (TPSA) is 26.0 Å². The van der Waals surface area contributed by atoms with Crippen LogP contribution in [0.4, 0.5) is 0 Å². The van der Waals surface area contributed by atoms with Gasteiger partial charge in [0, 0.05) is 6.54 Å². The molecule has 0 bridgehead atoms. The molecule has 1 aromatic rings. The van der Waals surface area contributed by atoms with Crippen LogP contribution in [0.3, 0.4) is 0 Å². The van der Waals surface area contributed by atoms with Gasteiger partial charge in [0.05, 0.1) is 0 Å². The Morgan fingerprint density at radius 2 is 2.08 bits per heavy atom. The third-order valence-electron chi connectivity index (χ3n) is 2.16. The first-order valence-corrected chi connectivity index (χ1v) is 4.73. The lowest BCUT2D eigenvalue weighted by Gasteiger charge is -2.03. The van der Waals surface area contributed by atoms with Crippen molar-refractivity contribution in [1.29, 1.82) is 0 Å². The molecule has 0 atom stereocenters. The largest absolute Gasteiger partial charge is 0.327 e. The van der Waals surface area contributed by atoms with Gasteiger partial charge in [0.1, 0.15) is 0 Å². The van der Waals surface area contributed by atoms with E-state index in [2.05, 4.69) is 44.2 Å². The molecule has 1 heteroatoms. The van der Waals surface area contributed by atoms with Crippen LogP contribution in [0, 0.1) is 0 Å². The first-order chi connectivity index (χ1) is 6.27. The SMILES string of the molecule is CCc1ccccc1/C=C(/C)CN. The summed E-state index contributed by atoms with van der Waals surface area (Å²) in [5.41, 5.74) is 9.45. The molecule has 70 valence electrons. The van der Waals surface area contributed by atoms with Gasteiger partial charge < -0.3 is 5.73 Å². The fourth-order valence-corrected chi connectivity index (χ4v) is 1.32. The van der Waals surface area contributed by atoms with E-state index in [1.54, 1.807) is 0 Å². The maximum absolute atomic E-state index is 5.54. The minimum atomic E-state index is 0.637. The molecule has 1 nitrogen and oxygen atoms in total. The van der Waals surface area contributed by atoms with E-state index in [0.717, 1.165) is 6.42 Å². The third kappa shape index (κ3) is 2.71. The van der Waals surface area contributed by atoms with Crippen molar-refractivity contribution in [2.45, 2.75) is 20.3 Å². The Hall–Kier alpha value is -1.08. The van der Waals surface area contributed by atoms with E-state index in [-0.39, 0.29) is 0 Å². The quantitative estimate of drug-likeness (QED) is 0.750. The van der Waals surface area contributed by atoms with E-state index in [4.69, 9.17) is 5.73 Å². The van der Waals surface area contributed by atoms with Crippen LogP contribution in [0.15, 0.2) is 29.8 Å². The van der Waals surface area contributed by atoms with Gasteiger partial charge in [-0.1, -0.05) is 42.8 Å². The zero-order chi connectivity index (χ0) is 9.68. The van der Waals surface area contributed by atoms with E-state index >= 15 is 0 Å². The molecule has 0 fully saturated rings. The Balaban J connectivity index is 2.99. The number of hydrogen-bond acceptors (Lipinski definition) is 1. The van der Waals surface area contributed by atoms with Gasteiger partial charge in [-0.2, -0.15) is 0 Å². The molecule has 1 rings (SSSR count). The molecule has 0 aliphatic heterocycles. The number of aryl methyl sites for hydroxylation is 1. The predicted octanol–water partition coefficient (Wildman–Crippen LogP) is 2.61. The first kappa shape index (κ1) is 10.0. The van der Waals surface area contributed by atoms with Gasteiger partial charge in [-0.25, -0.2) is 0 Å². The van der Waals surface area contributed by atoms with Gasteiger partial charge in [-0.3, -0.25) is 0 Å². The van der Waals surface area contributed by atoms with Crippen LogP contribution in [0.1, 0.15) is 25.0 Å². The Bertz CT molecular complexity index is 300. The van der Waals surface area contributed by atoms with Crippen molar-refractivity contribution in [3.63, 3.8) is 0 Å². The second kappa shape index (κ2) is 4.83. The van der Waals surface area contributed by atoms with Gasteiger partial charge >= 0.3 is 0 Å². The molecular weight excluding hydrogens is 158 g/mol. The molecule has 0 amide bonds. The normalized spacial score (nSPS) is 11.8.